The number of ether oxygens (including phenoxy) is 1. The molecule has 0 N–H and O–H groups in total. The third kappa shape index (κ3) is 4.53. The first kappa shape index (κ1) is 24.1. The Labute approximate surface area is 198 Å². The van der Waals surface area contributed by atoms with Crippen molar-refractivity contribution in [3.05, 3.63) is 11.6 Å². The Kier molecular flexibility index (Phi) is 7.54. The normalized spacial score (nSPS) is 43.2. The van der Waals surface area contributed by atoms with Gasteiger partial charge in [-0.3, -0.25) is 0 Å². The standard InChI is InChI=1S/C29H49ClO/c1-20(2)7-6-8-21(3)25-11-12-26-24-10-9-22-19-23(31-18-17-30)13-15-28(22,4)27(24)14-16-29(25,26)5/h9,20-21,23-27H,6-8,10-19H2,1-5H3/t21-,23-,24-,25+,26-,27-,28-,29+/m0/s1. The van der Waals surface area contributed by atoms with E-state index in [0.29, 0.717) is 29.4 Å². The summed E-state index contributed by atoms with van der Waals surface area (Å²) in [5.74, 6) is 6.15. The minimum atomic E-state index is 0.408. The van der Waals surface area contributed by atoms with E-state index in [1.54, 1.807) is 5.57 Å². The second-order valence-corrected chi connectivity index (χ2v) is 13.1. The van der Waals surface area contributed by atoms with Crippen LogP contribution < -0.4 is 0 Å². The molecule has 178 valence electrons. The maximum absolute atomic E-state index is 6.06. The molecule has 1 nitrogen and oxygen atoms in total. The summed E-state index contributed by atoms with van der Waals surface area (Å²) in [5, 5.41) is 0. The lowest BCUT2D eigenvalue weighted by atomic mass is 9.47. The topological polar surface area (TPSA) is 9.23 Å². The van der Waals surface area contributed by atoms with Gasteiger partial charge in [-0.25, -0.2) is 0 Å². The number of halogens is 1. The quantitative estimate of drug-likeness (QED) is 0.266. The van der Waals surface area contributed by atoms with E-state index in [-0.39, 0.29) is 0 Å². The van der Waals surface area contributed by atoms with E-state index in [1.165, 1.54) is 64.2 Å². The summed E-state index contributed by atoms with van der Waals surface area (Å²) < 4.78 is 6.06. The Bertz CT molecular complexity index is 641. The molecule has 4 aliphatic carbocycles. The zero-order valence-electron chi connectivity index (χ0n) is 21.1. The largest absolute Gasteiger partial charge is 0.377 e. The van der Waals surface area contributed by atoms with E-state index in [4.69, 9.17) is 16.3 Å². The molecule has 0 aromatic heterocycles. The minimum absolute atomic E-state index is 0.408. The van der Waals surface area contributed by atoms with Crippen LogP contribution in [0, 0.1) is 46.3 Å². The van der Waals surface area contributed by atoms with Crippen molar-refractivity contribution in [3.63, 3.8) is 0 Å². The van der Waals surface area contributed by atoms with E-state index >= 15 is 0 Å². The summed E-state index contributed by atoms with van der Waals surface area (Å²) in [6.45, 7) is 13.4. The molecule has 0 bridgehead atoms. The average molecular weight is 449 g/mol. The molecule has 0 amide bonds. The number of alkyl halides is 1. The molecule has 31 heavy (non-hydrogen) atoms. The van der Waals surface area contributed by atoms with Gasteiger partial charge in [0.15, 0.2) is 0 Å². The fourth-order valence-electron chi connectivity index (χ4n) is 9.01. The first-order valence-electron chi connectivity index (χ1n) is 13.7. The summed E-state index contributed by atoms with van der Waals surface area (Å²) in [5.41, 5.74) is 2.77. The van der Waals surface area contributed by atoms with Gasteiger partial charge in [-0.05, 0) is 97.7 Å². The van der Waals surface area contributed by atoms with Crippen molar-refractivity contribution < 1.29 is 4.74 Å². The predicted octanol–water partition coefficient (Wildman–Crippen LogP) is 8.65. The van der Waals surface area contributed by atoms with Gasteiger partial charge < -0.3 is 4.74 Å². The number of hydrogen-bond donors (Lipinski definition) is 0. The summed E-state index contributed by atoms with van der Waals surface area (Å²) in [6, 6.07) is 0. The zero-order valence-corrected chi connectivity index (χ0v) is 21.9. The van der Waals surface area contributed by atoms with Gasteiger partial charge in [-0.2, -0.15) is 0 Å². The van der Waals surface area contributed by atoms with Crippen LogP contribution in [0.1, 0.15) is 105 Å². The molecule has 0 aromatic carbocycles. The van der Waals surface area contributed by atoms with E-state index in [1.807, 2.05) is 0 Å². The molecule has 3 fully saturated rings. The zero-order chi connectivity index (χ0) is 22.2. The molecule has 3 saturated carbocycles. The van der Waals surface area contributed by atoms with Crippen molar-refractivity contribution in [2.75, 3.05) is 12.5 Å². The number of hydrogen-bond acceptors (Lipinski definition) is 1. The Morgan fingerprint density at radius 3 is 2.58 bits per heavy atom. The molecule has 0 aliphatic heterocycles. The van der Waals surface area contributed by atoms with Crippen LogP contribution in [0.2, 0.25) is 0 Å². The van der Waals surface area contributed by atoms with Gasteiger partial charge in [-0.1, -0.05) is 65.5 Å². The molecule has 0 radical (unpaired) electrons. The molecule has 8 atom stereocenters. The fourth-order valence-corrected chi connectivity index (χ4v) is 9.09. The molecule has 0 heterocycles. The Morgan fingerprint density at radius 1 is 1.03 bits per heavy atom. The molecule has 4 aliphatic rings. The van der Waals surface area contributed by atoms with Gasteiger partial charge in [0, 0.05) is 5.88 Å². The third-order valence-corrected chi connectivity index (χ3v) is 10.8. The van der Waals surface area contributed by atoms with Crippen LogP contribution in [0.3, 0.4) is 0 Å². The summed E-state index contributed by atoms with van der Waals surface area (Å²) >= 11 is 5.88. The number of rotatable bonds is 8. The van der Waals surface area contributed by atoms with Gasteiger partial charge in [0.1, 0.15) is 0 Å². The summed E-state index contributed by atoms with van der Waals surface area (Å²) in [6.07, 6.45) is 18.4. The summed E-state index contributed by atoms with van der Waals surface area (Å²) in [4.78, 5) is 0. The second-order valence-electron chi connectivity index (χ2n) is 12.7. The molecule has 0 spiro atoms. The fraction of sp³-hybridized carbons (Fsp3) is 0.931. The second kappa shape index (κ2) is 9.69. The van der Waals surface area contributed by atoms with E-state index < -0.39 is 0 Å². The van der Waals surface area contributed by atoms with Crippen molar-refractivity contribution in [2.45, 2.75) is 111 Å². The van der Waals surface area contributed by atoms with Crippen molar-refractivity contribution in [2.24, 2.45) is 46.3 Å². The maximum atomic E-state index is 6.06. The highest BCUT2D eigenvalue weighted by Gasteiger charge is 2.59. The van der Waals surface area contributed by atoms with Crippen LogP contribution in [0.25, 0.3) is 0 Å². The monoisotopic (exact) mass is 448 g/mol. The SMILES string of the molecule is CC(C)CCC[C@H](C)[C@H]1CC[C@H]2[C@@H]3CC=C4C[C@@H](OCCCl)CC[C@]4(C)[C@H]3CC[C@]12C. The molecule has 2 heteroatoms. The first-order chi connectivity index (χ1) is 14.8. The molecule has 0 unspecified atom stereocenters. The van der Waals surface area contributed by atoms with Crippen molar-refractivity contribution in [3.8, 4) is 0 Å². The van der Waals surface area contributed by atoms with E-state index in [9.17, 15) is 0 Å². The lowest BCUT2D eigenvalue weighted by molar-refractivity contribution is -0.0629. The molecular weight excluding hydrogens is 400 g/mol. The van der Waals surface area contributed by atoms with E-state index in [2.05, 4.69) is 40.7 Å². The maximum Gasteiger partial charge on any atom is 0.0613 e. The van der Waals surface area contributed by atoms with Crippen LogP contribution in [0.5, 0.6) is 0 Å². The average Bonchev–Trinajstić information content (AvgIpc) is 3.09. The third-order valence-electron chi connectivity index (χ3n) is 10.7. The van der Waals surface area contributed by atoms with Gasteiger partial charge >= 0.3 is 0 Å². The first-order valence-corrected chi connectivity index (χ1v) is 14.2. The van der Waals surface area contributed by atoms with Crippen LogP contribution in [-0.4, -0.2) is 18.6 Å². The van der Waals surface area contributed by atoms with E-state index in [0.717, 1.165) is 41.9 Å². The highest BCUT2D eigenvalue weighted by atomic mass is 35.5. The molecule has 0 aromatic rings. The smallest absolute Gasteiger partial charge is 0.0613 e. The van der Waals surface area contributed by atoms with Crippen molar-refractivity contribution >= 4 is 11.6 Å². The molecular formula is C29H49ClO. The lowest BCUT2D eigenvalue weighted by Gasteiger charge is -2.58. The van der Waals surface area contributed by atoms with Gasteiger partial charge in [0.2, 0.25) is 0 Å². The Hall–Kier alpha value is -0.0100. The van der Waals surface area contributed by atoms with Gasteiger partial charge in [-0.15, -0.1) is 11.6 Å². The van der Waals surface area contributed by atoms with Crippen molar-refractivity contribution in [1.29, 1.82) is 0 Å². The molecule has 4 rings (SSSR count). The highest BCUT2D eigenvalue weighted by Crippen LogP contribution is 2.67. The highest BCUT2D eigenvalue weighted by molar-refractivity contribution is 6.17. The Morgan fingerprint density at radius 2 is 1.84 bits per heavy atom. The molecule has 0 saturated heterocycles. The van der Waals surface area contributed by atoms with Crippen molar-refractivity contribution in [1.82, 2.24) is 0 Å². The number of allylic oxidation sites excluding steroid dienone is 1. The minimum Gasteiger partial charge on any atom is -0.377 e. The van der Waals surface area contributed by atoms with Crippen LogP contribution >= 0.6 is 11.6 Å². The predicted molar refractivity (Wildman–Crippen MR) is 134 cm³/mol. The van der Waals surface area contributed by atoms with Crippen LogP contribution in [0.4, 0.5) is 0 Å². The van der Waals surface area contributed by atoms with Crippen LogP contribution in [-0.2, 0) is 4.74 Å². The number of fused-ring (bicyclic) bond motifs is 5. The Balaban J connectivity index is 1.45. The van der Waals surface area contributed by atoms with Gasteiger partial charge in [0.25, 0.3) is 0 Å². The summed E-state index contributed by atoms with van der Waals surface area (Å²) in [7, 11) is 0. The van der Waals surface area contributed by atoms with Crippen LogP contribution in [0.15, 0.2) is 11.6 Å². The lowest BCUT2D eigenvalue weighted by Crippen LogP contribution is -2.51. The van der Waals surface area contributed by atoms with Gasteiger partial charge in [0.05, 0.1) is 12.7 Å².